The number of likely N-dealkylation sites (tertiary alicyclic amines) is 2. The van der Waals surface area contributed by atoms with Crippen molar-refractivity contribution >= 4 is 51.9 Å². The number of phenols is 1. The largest absolute Gasteiger partial charge is 0.504 e. The molecule has 5 aliphatic rings. The lowest BCUT2D eigenvalue weighted by Gasteiger charge is -2.49. The number of amides is 4. The number of hydrogen-bond acceptors (Lipinski definition) is 7. The zero-order chi connectivity index (χ0) is 34.9. The molecule has 0 unspecified atom stereocenters. The number of halogens is 1. The van der Waals surface area contributed by atoms with Crippen LogP contribution >= 0.6 is 22.6 Å². The first-order valence-corrected chi connectivity index (χ1v) is 18.5. The number of hydrogen-bond donors (Lipinski definition) is 1. The molecule has 3 aromatic rings. The van der Waals surface area contributed by atoms with Crippen LogP contribution in [0.15, 0.2) is 84.4 Å². The Morgan fingerprint density at radius 1 is 0.900 bits per heavy atom. The number of carbonyl (C=O) groups is 4. The monoisotopic (exact) mass is 785 g/mol. The van der Waals surface area contributed by atoms with E-state index in [1.807, 2.05) is 37.3 Å². The summed E-state index contributed by atoms with van der Waals surface area (Å²) in [4.78, 5) is 63.0. The third-order valence-electron chi connectivity index (χ3n) is 12.1. The Labute approximate surface area is 305 Å². The summed E-state index contributed by atoms with van der Waals surface area (Å²) in [6, 6.07) is 22.8. The van der Waals surface area contributed by atoms with Crippen LogP contribution in [0.1, 0.15) is 49.7 Å². The standard InChI is InChI=1S/C40H40IN3O6/c1-40-30(37(47)44(39(40)49)25-11-7-4-8-12-25)21-29-27(34(40)24-19-31(41)35(45)32(20-24)50-2)13-14-28-33(29)38(48)43(36(28)46)26-15-17-42(18-16-26)22-23-9-5-3-6-10-23/h3-13,19-20,26,28-30,33-34,45H,14-18,21-22H2,1-2H3/t28-,29+,30-,33-,34-,40+/m0/s1. The molecular formula is C40H40IN3O6. The first kappa shape index (κ1) is 33.1. The van der Waals surface area contributed by atoms with Gasteiger partial charge in [0.05, 0.1) is 39.5 Å². The molecule has 10 heteroatoms. The lowest BCUT2D eigenvalue weighted by atomic mass is 9.51. The fourth-order valence-corrected chi connectivity index (χ4v) is 10.3. The van der Waals surface area contributed by atoms with Crippen LogP contribution in [0.4, 0.5) is 5.69 Å². The number of fused-ring (bicyclic) bond motifs is 4. The maximum atomic E-state index is 14.6. The van der Waals surface area contributed by atoms with Crippen molar-refractivity contribution in [2.75, 3.05) is 25.1 Å². The number of nitrogens with zero attached hydrogens (tertiary/aromatic N) is 3. The van der Waals surface area contributed by atoms with Gasteiger partial charge in [0, 0.05) is 31.6 Å². The maximum Gasteiger partial charge on any atom is 0.241 e. The highest BCUT2D eigenvalue weighted by Crippen LogP contribution is 2.64. The molecule has 2 aliphatic carbocycles. The van der Waals surface area contributed by atoms with Gasteiger partial charge in [-0.15, -0.1) is 0 Å². The van der Waals surface area contributed by atoms with Gasteiger partial charge in [-0.25, -0.2) is 4.90 Å². The van der Waals surface area contributed by atoms with Gasteiger partial charge in [0.1, 0.15) is 0 Å². The molecule has 4 amide bonds. The van der Waals surface area contributed by atoms with Gasteiger partial charge in [0.2, 0.25) is 23.6 Å². The molecular weight excluding hydrogens is 745 g/mol. The fourth-order valence-electron chi connectivity index (χ4n) is 9.70. The number of aromatic hydroxyl groups is 1. The third-order valence-corrected chi connectivity index (χ3v) is 12.9. The van der Waals surface area contributed by atoms with E-state index in [0.29, 0.717) is 22.1 Å². The molecule has 50 heavy (non-hydrogen) atoms. The minimum atomic E-state index is -1.16. The molecule has 1 N–H and O–H groups in total. The van der Waals surface area contributed by atoms with Crippen LogP contribution in [-0.2, 0) is 25.7 Å². The van der Waals surface area contributed by atoms with Gasteiger partial charge >= 0.3 is 0 Å². The number of methoxy groups -OCH3 is 1. The van der Waals surface area contributed by atoms with Crippen molar-refractivity contribution in [3.8, 4) is 11.5 Å². The van der Waals surface area contributed by atoms with Crippen LogP contribution < -0.4 is 9.64 Å². The highest BCUT2D eigenvalue weighted by atomic mass is 127. The molecule has 3 aliphatic heterocycles. The molecule has 8 rings (SSSR count). The number of piperidine rings is 1. The quantitative estimate of drug-likeness (QED) is 0.189. The Balaban J connectivity index is 1.14. The second-order valence-electron chi connectivity index (χ2n) is 14.6. The van der Waals surface area contributed by atoms with Crippen molar-refractivity contribution in [2.24, 2.45) is 29.1 Å². The van der Waals surface area contributed by atoms with Crippen molar-refractivity contribution in [3.05, 3.63) is 99.1 Å². The number of imide groups is 2. The molecule has 0 radical (unpaired) electrons. The van der Waals surface area contributed by atoms with E-state index in [1.165, 1.54) is 17.6 Å². The number of benzene rings is 3. The van der Waals surface area contributed by atoms with E-state index >= 15 is 0 Å². The Morgan fingerprint density at radius 2 is 1.58 bits per heavy atom. The molecule has 9 nitrogen and oxygen atoms in total. The van der Waals surface area contributed by atoms with Gasteiger partial charge in [-0.1, -0.05) is 60.2 Å². The first-order chi connectivity index (χ1) is 24.1. The number of allylic oxidation sites excluding steroid dienone is 2. The third kappa shape index (κ3) is 5.04. The first-order valence-electron chi connectivity index (χ1n) is 17.5. The topological polar surface area (TPSA) is 107 Å². The molecule has 6 atom stereocenters. The summed E-state index contributed by atoms with van der Waals surface area (Å²) in [6.07, 6.45) is 4.23. The van der Waals surface area contributed by atoms with Crippen molar-refractivity contribution < 1.29 is 29.0 Å². The van der Waals surface area contributed by atoms with Crippen LogP contribution in [0.2, 0.25) is 0 Å². The number of ether oxygens (including phenoxy) is 1. The summed E-state index contributed by atoms with van der Waals surface area (Å²) in [5.74, 6) is -3.30. The molecule has 3 saturated heterocycles. The lowest BCUT2D eigenvalue weighted by Crippen LogP contribution is -2.49. The molecule has 3 heterocycles. The van der Waals surface area contributed by atoms with E-state index in [1.54, 1.807) is 35.2 Å². The minimum Gasteiger partial charge on any atom is -0.504 e. The van der Waals surface area contributed by atoms with Gasteiger partial charge in [0.25, 0.3) is 0 Å². The summed E-state index contributed by atoms with van der Waals surface area (Å²) in [6.45, 7) is 4.31. The average molecular weight is 786 g/mol. The normalized spacial score (nSPS) is 29.9. The van der Waals surface area contributed by atoms with Gasteiger partial charge in [-0.3, -0.25) is 29.0 Å². The molecule has 258 valence electrons. The summed E-state index contributed by atoms with van der Waals surface area (Å²) < 4.78 is 6.11. The molecule has 4 fully saturated rings. The Bertz CT molecular complexity index is 1910. The average Bonchev–Trinajstić information content (AvgIpc) is 3.50. The summed E-state index contributed by atoms with van der Waals surface area (Å²) in [5, 5.41) is 10.8. The van der Waals surface area contributed by atoms with Crippen LogP contribution in [0, 0.1) is 32.7 Å². The zero-order valence-electron chi connectivity index (χ0n) is 28.1. The zero-order valence-corrected chi connectivity index (χ0v) is 30.3. The highest BCUT2D eigenvalue weighted by molar-refractivity contribution is 14.1. The van der Waals surface area contributed by atoms with E-state index < -0.39 is 29.1 Å². The van der Waals surface area contributed by atoms with Crippen molar-refractivity contribution in [1.29, 1.82) is 0 Å². The predicted molar refractivity (Wildman–Crippen MR) is 195 cm³/mol. The van der Waals surface area contributed by atoms with Gasteiger partial charge in [0.15, 0.2) is 11.5 Å². The number of phenolic OH excluding ortho intramolecular Hbond substituents is 1. The van der Waals surface area contributed by atoms with E-state index in [0.717, 1.165) is 43.6 Å². The van der Waals surface area contributed by atoms with Gasteiger partial charge in [-0.2, -0.15) is 0 Å². The summed E-state index contributed by atoms with van der Waals surface area (Å²) in [7, 11) is 1.48. The van der Waals surface area contributed by atoms with E-state index in [9.17, 15) is 24.3 Å². The summed E-state index contributed by atoms with van der Waals surface area (Å²) in [5.41, 5.74) is 2.26. The Hall–Kier alpha value is -4.03. The van der Waals surface area contributed by atoms with Gasteiger partial charge in [-0.05, 0) is 96.5 Å². The van der Waals surface area contributed by atoms with Crippen LogP contribution in [0.5, 0.6) is 11.5 Å². The Morgan fingerprint density at radius 3 is 2.26 bits per heavy atom. The number of para-hydroxylation sites is 1. The number of carbonyl (C=O) groups excluding carboxylic acids is 4. The van der Waals surface area contributed by atoms with Crippen molar-refractivity contribution in [3.63, 3.8) is 0 Å². The molecule has 3 aromatic carbocycles. The second kappa shape index (κ2) is 12.6. The van der Waals surface area contributed by atoms with Crippen LogP contribution in [-0.4, -0.2) is 64.8 Å². The molecule has 0 aromatic heterocycles. The van der Waals surface area contributed by atoms with E-state index in [2.05, 4.69) is 45.7 Å². The smallest absolute Gasteiger partial charge is 0.241 e. The lowest BCUT2D eigenvalue weighted by molar-refractivity contribution is -0.144. The second-order valence-corrected chi connectivity index (χ2v) is 15.8. The molecule has 0 bridgehead atoms. The van der Waals surface area contributed by atoms with E-state index in [-0.39, 0.29) is 47.1 Å². The Kier molecular flexibility index (Phi) is 8.37. The predicted octanol–water partition coefficient (Wildman–Crippen LogP) is 5.90. The SMILES string of the molecule is COc1cc([C@H]2C3=CC[C@@H]4C(=O)N(C5CCN(Cc6ccccc6)CC5)C(=O)[C@@H]4[C@@H]3C[C@H]3C(=O)N(c4ccccc4)C(=O)[C@@]23C)cc(I)c1O. The molecule has 0 spiro atoms. The van der Waals surface area contributed by atoms with Crippen LogP contribution in [0.25, 0.3) is 0 Å². The highest BCUT2D eigenvalue weighted by Gasteiger charge is 2.68. The van der Waals surface area contributed by atoms with Crippen molar-refractivity contribution in [2.45, 2.75) is 51.1 Å². The number of rotatable bonds is 6. The fraction of sp³-hybridized carbons (Fsp3) is 0.400. The van der Waals surface area contributed by atoms with Crippen molar-refractivity contribution in [1.82, 2.24) is 9.80 Å². The number of anilines is 1. The summed E-state index contributed by atoms with van der Waals surface area (Å²) >= 11 is 2.05. The van der Waals surface area contributed by atoms with Gasteiger partial charge < -0.3 is 9.84 Å². The van der Waals surface area contributed by atoms with Crippen LogP contribution in [0.3, 0.4) is 0 Å². The van der Waals surface area contributed by atoms with E-state index in [4.69, 9.17) is 4.74 Å². The maximum absolute atomic E-state index is 14.6. The minimum absolute atomic E-state index is 0.00497. The molecule has 1 saturated carbocycles.